The number of nitrogens with zero attached hydrogens (tertiary/aromatic N) is 1. The Morgan fingerprint density at radius 2 is 1.64 bits per heavy atom. The molecule has 2 aromatic rings. The van der Waals surface area contributed by atoms with Gasteiger partial charge in [0, 0.05) is 25.9 Å². The summed E-state index contributed by atoms with van der Waals surface area (Å²) < 4.78 is 0. The van der Waals surface area contributed by atoms with Crippen LogP contribution in [0.1, 0.15) is 49.8 Å². The summed E-state index contributed by atoms with van der Waals surface area (Å²) in [5.74, 6) is -0.0536. The predicted molar refractivity (Wildman–Crippen MR) is 114 cm³/mol. The number of aryl methyl sites for hydroxylation is 1. The molecule has 2 aromatic carbocycles. The van der Waals surface area contributed by atoms with E-state index in [1.807, 2.05) is 75.4 Å². The Balaban J connectivity index is 2.36. The summed E-state index contributed by atoms with van der Waals surface area (Å²) >= 11 is 0. The Kier molecular flexibility index (Phi) is 8.73. The van der Waals surface area contributed by atoms with Crippen LogP contribution in [0.5, 0.6) is 0 Å². The lowest BCUT2D eigenvalue weighted by molar-refractivity contribution is -0.141. The third-order valence-corrected chi connectivity index (χ3v) is 4.89. The van der Waals surface area contributed by atoms with E-state index in [0.717, 1.165) is 29.5 Å². The number of benzene rings is 2. The number of nitrogens with one attached hydrogen (secondary N) is 1. The Labute approximate surface area is 169 Å². The highest BCUT2D eigenvalue weighted by Crippen LogP contribution is 2.18. The van der Waals surface area contributed by atoms with E-state index in [1.54, 1.807) is 4.90 Å². The zero-order chi connectivity index (χ0) is 20.4. The lowest BCUT2D eigenvalue weighted by atomic mass is 10.0. The van der Waals surface area contributed by atoms with Crippen LogP contribution in [0.3, 0.4) is 0 Å². The van der Waals surface area contributed by atoms with Crippen LogP contribution in [-0.4, -0.2) is 29.3 Å². The van der Waals surface area contributed by atoms with E-state index in [9.17, 15) is 9.59 Å². The van der Waals surface area contributed by atoms with Crippen LogP contribution in [0.25, 0.3) is 0 Å². The summed E-state index contributed by atoms with van der Waals surface area (Å²) in [6, 6.07) is 17.4. The van der Waals surface area contributed by atoms with Crippen molar-refractivity contribution >= 4 is 11.8 Å². The molecule has 1 atom stereocenters. The summed E-state index contributed by atoms with van der Waals surface area (Å²) in [5.41, 5.74) is 3.26. The standard InChI is InChI=1S/C24H32N2O2/c1-4-11-23(27)26(18-21-15-10-9-12-19(21)3)22(24(28)25-16-5-2)17-20-13-7-6-8-14-20/h6-10,12-15,22H,4-5,11,16-18H2,1-3H3,(H,25,28). The third kappa shape index (κ3) is 6.22. The van der Waals surface area contributed by atoms with Gasteiger partial charge in [-0.2, -0.15) is 0 Å². The Morgan fingerprint density at radius 3 is 2.29 bits per heavy atom. The van der Waals surface area contributed by atoms with E-state index in [0.29, 0.717) is 25.9 Å². The first-order valence-corrected chi connectivity index (χ1v) is 10.2. The monoisotopic (exact) mass is 380 g/mol. The van der Waals surface area contributed by atoms with Gasteiger partial charge in [0.1, 0.15) is 6.04 Å². The fourth-order valence-electron chi connectivity index (χ4n) is 3.25. The smallest absolute Gasteiger partial charge is 0.243 e. The summed E-state index contributed by atoms with van der Waals surface area (Å²) in [4.78, 5) is 27.8. The fraction of sp³-hybridized carbons (Fsp3) is 0.417. The van der Waals surface area contributed by atoms with Crippen molar-refractivity contribution in [3.8, 4) is 0 Å². The highest BCUT2D eigenvalue weighted by molar-refractivity contribution is 5.88. The molecule has 0 fully saturated rings. The van der Waals surface area contributed by atoms with Crippen molar-refractivity contribution in [1.82, 2.24) is 10.2 Å². The van der Waals surface area contributed by atoms with Gasteiger partial charge in [-0.05, 0) is 36.5 Å². The molecule has 4 nitrogen and oxygen atoms in total. The van der Waals surface area contributed by atoms with Gasteiger partial charge in [-0.15, -0.1) is 0 Å². The predicted octanol–water partition coefficient (Wildman–Crippen LogP) is 4.26. The molecule has 0 radical (unpaired) electrons. The summed E-state index contributed by atoms with van der Waals surface area (Å²) in [5, 5.41) is 3.00. The quantitative estimate of drug-likeness (QED) is 0.669. The molecule has 0 bridgehead atoms. The van der Waals surface area contributed by atoms with Gasteiger partial charge in [-0.3, -0.25) is 9.59 Å². The first-order valence-electron chi connectivity index (χ1n) is 10.2. The van der Waals surface area contributed by atoms with Crippen molar-refractivity contribution in [3.63, 3.8) is 0 Å². The van der Waals surface area contributed by atoms with E-state index in [1.165, 1.54) is 0 Å². The van der Waals surface area contributed by atoms with Crippen LogP contribution in [0.15, 0.2) is 54.6 Å². The van der Waals surface area contributed by atoms with Gasteiger partial charge < -0.3 is 10.2 Å². The average Bonchev–Trinajstić information content (AvgIpc) is 2.71. The molecule has 2 amide bonds. The SMILES string of the molecule is CCCNC(=O)C(Cc1ccccc1)N(Cc1ccccc1C)C(=O)CCC. The van der Waals surface area contributed by atoms with E-state index in [4.69, 9.17) is 0 Å². The van der Waals surface area contributed by atoms with Crippen LogP contribution < -0.4 is 5.32 Å². The van der Waals surface area contributed by atoms with Crippen molar-refractivity contribution in [3.05, 3.63) is 71.3 Å². The Hall–Kier alpha value is -2.62. The summed E-state index contributed by atoms with van der Waals surface area (Å²) in [7, 11) is 0. The van der Waals surface area contributed by atoms with Gasteiger partial charge in [-0.25, -0.2) is 0 Å². The van der Waals surface area contributed by atoms with Crippen LogP contribution in [0.4, 0.5) is 0 Å². The molecule has 0 spiro atoms. The molecule has 0 aliphatic rings. The van der Waals surface area contributed by atoms with Gasteiger partial charge in [0.05, 0.1) is 0 Å². The number of amides is 2. The number of carbonyl (C=O) groups excluding carboxylic acids is 2. The van der Waals surface area contributed by atoms with Crippen LogP contribution in [0.2, 0.25) is 0 Å². The topological polar surface area (TPSA) is 49.4 Å². The maximum absolute atomic E-state index is 13.0. The molecule has 0 aromatic heterocycles. The first-order chi connectivity index (χ1) is 13.6. The first kappa shape index (κ1) is 21.7. The van der Waals surface area contributed by atoms with Gasteiger partial charge >= 0.3 is 0 Å². The van der Waals surface area contributed by atoms with E-state index in [-0.39, 0.29) is 11.8 Å². The minimum absolute atomic E-state index is 0.0262. The molecule has 0 saturated carbocycles. The maximum Gasteiger partial charge on any atom is 0.243 e. The second-order valence-corrected chi connectivity index (χ2v) is 7.19. The number of hydrogen-bond donors (Lipinski definition) is 1. The molecule has 0 saturated heterocycles. The van der Waals surface area contributed by atoms with Gasteiger partial charge in [-0.1, -0.05) is 68.4 Å². The maximum atomic E-state index is 13.0. The second-order valence-electron chi connectivity index (χ2n) is 7.19. The van der Waals surface area contributed by atoms with Crippen molar-refractivity contribution in [2.45, 2.75) is 59.0 Å². The highest BCUT2D eigenvalue weighted by atomic mass is 16.2. The summed E-state index contributed by atoms with van der Waals surface area (Å²) in [6.45, 7) is 7.13. The fourth-order valence-corrected chi connectivity index (χ4v) is 3.25. The number of rotatable bonds is 10. The molecule has 150 valence electrons. The molecule has 4 heteroatoms. The van der Waals surface area contributed by atoms with Crippen LogP contribution in [0, 0.1) is 6.92 Å². The highest BCUT2D eigenvalue weighted by Gasteiger charge is 2.29. The van der Waals surface area contributed by atoms with E-state index >= 15 is 0 Å². The van der Waals surface area contributed by atoms with E-state index in [2.05, 4.69) is 5.32 Å². The van der Waals surface area contributed by atoms with Gasteiger partial charge in [0.15, 0.2) is 0 Å². The summed E-state index contributed by atoms with van der Waals surface area (Å²) in [6.07, 6.45) is 2.58. The molecular formula is C24H32N2O2. The van der Waals surface area contributed by atoms with E-state index < -0.39 is 6.04 Å². The second kappa shape index (κ2) is 11.3. The molecular weight excluding hydrogens is 348 g/mol. The third-order valence-electron chi connectivity index (χ3n) is 4.89. The molecule has 0 aliphatic heterocycles. The van der Waals surface area contributed by atoms with Crippen molar-refractivity contribution in [1.29, 1.82) is 0 Å². The molecule has 2 rings (SSSR count). The lowest BCUT2D eigenvalue weighted by Gasteiger charge is -2.32. The Morgan fingerprint density at radius 1 is 0.964 bits per heavy atom. The van der Waals surface area contributed by atoms with Crippen molar-refractivity contribution in [2.75, 3.05) is 6.54 Å². The average molecular weight is 381 g/mol. The molecule has 0 heterocycles. The lowest BCUT2D eigenvalue weighted by Crippen LogP contribution is -2.50. The molecule has 1 N–H and O–H groups in total. The number of hydrogen-bond acceptors (Lipinski definition) is 2. The van der Waals surface area contributed by atoms with Crippen LogP contribution in [-0.2, 0) is 22.6 Å². The normalized spacial score (nSPS) is 11.7. The zero-order valence-electron chi connectivity index (χ0n) is 17.3. The number of carbonyl (C=O) groups is 2. The molecule has 0 aliphatic carbocycles. The van der Waals surface area contributed by atoms with Gasteiger partial charge in [0.25, 0.3) is 0 Å². The zero-order valence-corrected chi connectivity index (χ0v) is 17.3. The Bertz CT molecular complexity index is 758. The molecule has 1 unspecified atom stereocenters. The van der Waals surface area contributed by atoms with Crippen molar-refractivity contribution in [2.24, 2.45) is 0 Å². The molecule has 28 heavy (non-hydrogen) atoms. The van der Waals surface area contributed by atoms with Crippen LogP contribution >= 0.6 is 0 Å². The van der Waals surface area contributed by atoms with Crippen molar-refractivity contribution < 1.29 is 9.59 Å². The minimum Gasteiger partial charge on any atom is -0.354 e. The minimum atomic E-state index is -0.521. The largest absolute Gasteiger partial charge is 0.354 e. The van der Waals surface area contributed by atoms with Gasteiger partial charge in [0.2, 0.25) is 11.8 Å².